The molecule has 1 aromatic heterocycles. The van der Waals surface area contributed by atoms with Crippen molar-refractivity contribution in [2.45, 2.75) is 76.8 Å². The fraction of sp³-hybridized carbons (Fsp3) is 0.538. The molecule has 0 amide bonds. The summed E-state index contributed by atoms with van der Waals surface area (Å²) in [5, 5.41) is -0.179. The molecule has 2 heterocycles. The summed E-state index contributed by atoms with van der Waals surface area (Å²) < 4.78 is 64.5. The SMILES string of the molecule is CC(C)(C)OC(=O)c1cc(C2CC2)c(CN2CCC(Oc3ncc(C(F)(F)F)cc3Cl)CC2)cc1F. The molecule has 4 rings (SSSR count). The predicted octanol–water partition coefficient (Wildman–Crippen LogP) is 6.77. The number of benzene rings is 1. The number of alkyl halides is 3. The highest BCUT2D eigenvalue weighted by Gasteiger charge is 2.33. The number of nitrogens with zero attached hydrogens (tertiary/aromatic N) is 2. The summed E-state index contributed by atoms with van der Waals surface area (Å²) >= 11 is 5.96. The minimum atomic E-state index is -4.52. The molecule has 5 nitrogen and oxygen atoms in total. The second-order valence-corrected chi connectivity index (χ2v) is 10.8. The van der Waals surface area contributed by atoms with Gasteiger partial charge in [0.2, 0.25) is 5.88 Å². The number of pyridine rings is 1. The second-order valence-electron chi connectivity index (χ2n) is 10.4. The Morgan fingerprint density at radius 3 is 2.33 bits per heavy atom. The van der Waals surface area contributed by atoms with E-state index in [0.717, 1.165) is 30.0 Å². The Kier molecular flexibility index (Phi) is 7.53. The fourth-order valence-corrected chi connectivity index (χ4v) is 4.49. The van der Waals surface area contributed by atoms with Gasteiger partial charge in [0.05, 0.1) is 11.1 Å². The van der Waals surface area contributed by atoms with Crippen LogP contribution in [0.25, 0.3) is 0 Å². The van der Waals surface area contributed by atoms with E-state index < -0.39 is 29.1 Å². The molecule has 0 bridgehead atoms. The largest absolute Gasteiger partial charge is 0.473 e. The lowest BCUT2D eigenvalue weighted by atomic mass is 9.97. The van der Waals surface area contributed by atoms with Gasteiger partial charge in [-0.05, 0) is 81.7 Å². The zero-order valence-electron chi connectivity index (χ0n) is 20.4. The molecule has 0 radical (unpaired) electrons. The van der Waals surface area contributed by atoms with Gasteiger partial charge in [-0.1, -0.05) is 11.6 Å². The van der Waals surface area contributed by atoms with Crippen LogP contribution >= 0.6 is 11.6 Å². The van der Waals surface area contributed by atoms with E-state index in [2.05, 4.69) is 9.88 Å². The quantitative estimate of drug-likeness (QED) is 0.306. The first-order valence-electron chi connectivity index (χ1n) is 12.0. The summed E-state index contributed by atoms with van der Waals surface area (Å²) in [7, 11) is 0. The Bertz CT molecular complexity index is 1120. The van der Waals surface area contributed by atoms with E-state index in [0.29, 0.717) is 44.6 Å². The maximum atomic E-state index is 14.9. The Hall–Kier alpha value is -2.39. The molecule has 2 aliphatic rings. The van der Waals surface area contributed by atoms with Gasteiger partial charge in [0.15, 0.2) is 0 Å². The molecule has 1 aromatic carbocycles. The van der Waals surface area contributed by atoms with Crippen molar-refractivity contribution in [2.75, 3.05) is 13.1 Å². The van der Waals surface area contributed by atoms with Crippen molar-refractivity contribution in [2.24, 2.45) is 0 Å². The van der Waals surface area contributed by atoms with Gasteiger partial charge in [-0.25, -0.2) is 14.2 Å². The minimum Gasteiger partial charge on any atom is -0.473 e. The number of ether oxygens (including phenoxy) is 2. The van der Waals surface area contributed by atoms with Gasteiger partial charge in [0, 0.05) is 25.8 Å². The van der Waals surface area contributed by atoms with Gasteiger partial charge in [-0.2, -0.15) is 13.2 Å². The van der Waals surface area contributed by atoms with Gasteiger partial charge in [-0.3, -0.25) is 4.90 Å². The number of carbonyl (C=O) groups is 1. The average Bonchev–Trinajstić information content (AvgIpc) is 3.60. The van der Waals surface area contributed by atoms with Gasteiger partial charge >= 0.3 is 12.1 Å². The smallest absolute Gasteiger partial charge is 0.417 e. The summed E-state index contributed by atoms with van der Waals surface area (Å²) in [5.41, 5.74) is 0.161. The average molecular weight is 529 g/mol. The summed E-state index contributed by atoms with van der Waals surface area (Å²) in [5.74, 6) is -0.957. The summed E-state index contributed by atoms with van der Waals surface area (Å²) in [6.07, 6.45) is -0.800. The standard InChI is InChI=1S/C26H29ClF4N2O3/c1-25(2,3)36-24(34)20-12-19(15-4-5-15)16(10-22(20)28)14-33-8-6-18(7-9-33)35-23-21(27)11-17(13-32-23)26(29,30)31/h10-13,15,18H,4-9,14H2,1-3H3. The number of esters is 1. The van der Waals surface area contributed by atoms with Gasteiger partial charge < -0.3 is 9.47 Å². The molecule has 0 spiro atoms. The fourth-order valence-electron chi connectivity index (χ4n) is 4.28. The summed E-state index contributed by atoms with van der Waals surface area (Å²) in [4.78, 5) is 18.4. The number of carbonyl (C=O) groups excluding carboxylic acids is 1. The highest BCUT2D eigenvalue weighted by atomic mass is 35.5. The van der Waals surface area contributed by atoms with Gasteiger partial charge in [0.25, 0.3) is 0 Å². The minimum absolute atomic E-state index is 0.0149. The van der Waals surface area contributed by atoms with Crippen LogP contribution in [-0.2, 0) is 17.5 Å². The molecule has 10 heteroatoms. The lowest BCUT2D eigenvalue weighted by Gasteiger charge is -2.32. The van der Waals surface area contributed by atoms with E-state index in [1.165, 1.54) is 6.07 Å². The van der Waals surface area contributed by atoms with Crippen LogP contribution in [0.2, 0.25) is 5.02 Å². The van der Waals surface area contributed by atoms with Crippen LogP contribution in [0, 0.1) is 5.82 Å². The Morgan fingerprint density at radius 1 is 1.11 bits per heavy atom. The monoisotopic (exact) mass is 528 g/mol. The normalized spacial score (nSPS) is 17.8. The Balaban J connectivity index is 1.39. The molecule has 1 aliphatic heterocycles. The molecule has 1 saturated carbocycles. The number of hydrogen-bond acceptors (Lipinski definition) is 5. The van der Waals surface area contributed by atoms with Crippen molar-refractivity contribution < 1.29 is 31.8 Å². The third-order valence-corrected chi connectivity index (χ3v) is 6.48. The molecule has 0 unspecified atom stereocenters. The third-order valence-electron chi connectivity index (χ3n) is 6.21. The zero-order chi connectivity index (χ0) is 26.3. The molecule has 196 valence electrons. The Morgan fingerprint density at radius 2 is 1.78 bits per heavy atom. The number of piperidine rings is 1. The molecular formula is C26H29ClF4N2O3. The lowest BCUT2D eigenvalue weighted by molar-refractivity contribution is -0.137. The number of rotatable bonds is 6. The van der Waals surface area contributed by atoms with E-state index in [4.69, 9.17) is 21.1 Å². The topological polar surface area (TPSA) is 51.7 Å². The van der Waals surface area contributed by atoms with Crippen molar-refractivity contribution in [1.82, 2.24) is 9.88 Å². The first-order chi connectivity index (χ1) is 16.8. The highest BCUT2D eigenvalue weighted by Crippen LogP contribution is 2.43. The highest BCUT2D eigenvalue weighted by molar-refractivity contribution is 6.31. The first kappa shape index (κ1) is 26.7. The second kappa shape index (κ2) is 10.2. The van der Waals surface area contributed by atoms with E-state index in [9.17, 15) is 22.4 Å². The molecule has 0 N–H and O–H groups in total. The molecule has 2 aromatic rings. The molecule has 36 heavy (non-hydrogen) atoms. The van der Waals surface area contributed by atoms with Crippen LogP contribution in [0.5, 0.6) is 5.88 Å². The summed E-state index contributed by atoms with van der Waals surface area (Å²) in [6, 6.07) is 3.90. The lowest BCUT2D eigenvalue weighted by Crippen LogP contribution is -2.38. The maximum Gasteiger partial charge on any atom is 0.417 e. The molecule has 0 atom stereocenters. The van der Waals surface area contributed by atoms with E-state index >= 15 is 0 Å². The molecular weight excluding hydrogens is 500 g/mol. The number of hydrogen-bond donors (Lipinski definition) is 0. The molecule has 1 aliphatic carbocycles. The van der Waals surface area contributed by atoms with Crippen molar-refractivity contribution in [3.05, 3.63) is 57.5 Å². The predicted molar refractivity (Wildman–Crippen MR) is 127 cm³/mol. The number of halogens is 5. The van der Waals surface area contributed by atoms with Crippen molar-refractivity contribution >= 4 is 17.6 Å². The van der Waals surface area contributed by atoms with Crippen molar-refractivity contribution in [3.63, 3.8) is 0 Å². The van der Waals surface area contributed by atoms with Crippen LogP contribution in [-0.4, -0.2) is 40.6 Å². The van der Waals surface area contributed by atoms with Crippen LogP contribution in [0.15, 0.2) is 24.4 Å². The van der Waals surface area contributed by atoms with E-state index in [1.807, 2.05) is 0 Å². The van der Waals surface area contributed by atoms with Crippen molar-refractivity contribution in [3.8, 4) is 5.88 Å². The van der Waals surface area contributed by atoms with Crippen LogP contribution < -0.4 is 4.74 Å². The Labute approximate surface area is 212 Å². The third kappa shape index (κ3) is 6.68. The van der Waals surface area contributed by atoms with Crippen LogP contribution in [0.1, 0.15) is 79.4 Å². The van der Waals surface area contributed by atoms with Gasteiger partial charge in [-0.15, -0.1) is 0 Å². The van der Waals surface area contributed by atoms with E-state index in [-0.39, 0.29) is 22.6 Å². The zero-order valence-corrected chi connectivity index (χ0v) is 21.2. The molecule has 2 fully saturated rings. The molecule has 1 saturated heterocycles. The van der Waals surface area contributed by atoms with Crippen molar-refractivity contribution in [1.29, 1.82) is 0 Å². The number of aromatic nitrogens is 1. The van der Waals surface area contributed by atoms with E-state index in [1.54, 1.807) is 26.8 Å². The number of likely N-dealkylation sites (tertiary alicyclic amines) is 1. The summed E-state index contributed by atoms with van der Waals surface area (Å²) in [6.45, 7) is 7.07. The maximum absolute atomic E-state index is 14.9. The van der Waals surface area contributed by atoms with Crippen LogP contribution in [0.3, 0.4) is 0 Å². The first-order valence-corrected chi connectivity index (χ1v) is 12.4. The van der Waals surface area contributed by atoms with Gasteiger partial charge in [0.1, 0.15) is 22.5 Å². The van der Waals surface area contributed by atoms with Crippen LogP contribution in [0.4, 0.5) is 17.6 Å².